The Hall–Kier alpha value is -3.33. The van der Waals surface area contributed by atoms with E-state index in [4.69, 9.17) is 27.5 Å². The van der Waals surface area contributed by atoms with Gasteiger partial charge in [-0.2, -0.15) is 5.10 Å². The van der Waals surface area contributed by atoms with E-state index in [-0.39, 0.29) is 27.7 Å². The van der Waals surface area contributed by atoms with E-state index >= 15 is 0 Å². The van der Waals surface area contributed by atoms with Crippen LogP contribution in [0.2, 0.25) is 5.02 Å². The first kappa shape index (κ1) is 21.4. The maximum atomic E-state index is 12.7. The third kappa shape index (κ3) is 4.46. The maximum absolute atomic E-state index is 12.7. The molecule has 1 aromatic heterocycles. The van der Waals surface area contributed by atoms with Crippen molar-refractivity contribution >= 4 is 35.1 Å². The number of benzene rings is 1. The summed E-state index contributed by atoms with van der Waals surface area (Å²) in [6, 6.07) is 6.52. The summed E-state index contributed by atoms with van der Waals surface area (Å²) in [6.07, 6.45) is 1.23. The van der Waals surface area contributed by atoms with Crippen molar-refractivity contribution in [1.82, 2.24) is 10.9 Å². The molecule has 30 heavy (non-hydrogen) atoms. The fourth-order valence-electron chi connectivity index (χ4n) is 3.42. The number of hydrogen-bond acceptors (Lipinski definition) is 5. The molecule has 0 saturated carbocycles. The molecule has 0 fully saturated rings. The van der Waals surface area contributed by atoms with E-state index in [2.05, 4.69) is 34.9 Å². The number of guanidine groups is 1. The van der Waals surface area contributed by atoms with Crippen molar-refractivity contribution in [1.29, 1.82) is 0 Å². The average Bonchev–Trinajstić information content (AvgIpc) is 2.99. The zero-order chi connectivity index (χ0) is 22.1. The molecule has 158 valence electrons. The van der Waals surface area contributed by atoms with Gasteiger partial charge in [-0.3, -0.25) is 20.4 Å². The van der Waals surface area contributed by atoms with Crippen LogP contribution in [0, 0.1) is 12.3 Å². The Balaban J connectivity index is 1.85. The monoisotopic (exact) mass is 430 g/mol. The molecule has 1 aliphatic rings. The molecular formula is C20H23ClN6O3. The van der Waals surface area contributed by atoms with E-state index in [0.29, 0.717) is 35.4 Å². The van der Waals surface area contributed by atoms with Crippen LogP contribution in [0.4, 0.5) is 0 Å². The first-order chi connectivity index (χ1) is 14.1. The Morgan fingerprint density at radius 3 is 2.47 bits per heavy atom. The minimum Gasteiger partial charge on any atom is -0.455 e. The Morgan fingerprint density at radius 2 is 1.80 bits per heavy atom. The first-order valence-electron chi connectivity index (χ1n) is 9.22. The third-order valence-electron chi connectivity index (χ3n) is 4.69. The van der Waals surface area contributed by atoms with Gasteiger partial charge in [-0.15, -0.1) is 5.10 Å². The van der Waals surface area contributed by atoms with Crippen LogP contribution in [0.1, 0.15) is 58.1 Å². The third-order valence-corrected chi connectivity index (χ3v) is 5.02. The molecule has 1 aromatic carbocycles. The maximum Gasteiger partial charge on any atom is 0.305 e. The van der Waals surface area contributed by atoms with Crippen molar-refractivity contribution in [2.45, 2.75) is 33.6 Å². The predicted molar refractivity (Wildman–Crippen MR) is 114 cm³/mol. The van der Waals surface area contributed by atoms with E-state index < -0.39 is 11.8 Å². The number of halogens is 1. The van der Waals surface area contributed by atoms with E-state index in [9.17, 15) is 9.59 Å². The van der Waals surface area contributed by atoms with Crippen LogP contribution in [-0.2, 0) is 6.42 Å². The summed E-state index contributed by atoms with van der Waals surface area (Å²) in [5.74, 6) is -0.598. The zero-order valence-corrected chi connectivity index (χ0v) is 17.6. The number of nitrogens with zero attached hydrogens (tertiary/aromatic N) is 2. The number of nitrogens with one attached hydrogen (secondary N) is 2. The minimum absolute atomic E-state index is 0.0783. The van der Waals surface area contributed by atoms with Crippen LogP contribution in [0.3, 0.4) is 0 Å². The highest BCUT2D eigenvalue weighted by Gasteiger charge is 2.36. The predicted octanol–water partition coefficient (Wildman–Crippen LogP) is 2.27. The molecule has 2 amide bonds. The molecule has 2 aromatic rings. The van der Waals surface area contributed by atoms with Gasteiger partial charge in [0, 0.05) is 17.5 Å². The van der Waals surface area contributed by atoms with Gasteiger partial charge in [0.1, 0.15) is 5.76 Å². The summed E-state index contributed by atoms with van der Waals surface area (Å²) in [4.78, 5) is 24.9. The standard InChI is InChI=1S/C20H23ClN6O3/c1-10-15-13(24-27-19(22)23)8-20(2,3)9-14(15)30-16(10)18(29)26-25-17(28)11-6-4-5-7-12(11)21/h4-7H,8-9H2,1-3H3,(H,25,28)(H,26,29)(H4,22,23,27)/b24-13-. The number of hydrogen-bond donors (Lipinski definition) is 4. The molecule has 10 heteroatoms. The van der Waals surface area contributed by atoms with Gasteiger partial charge in [-0.1, -0.05) is 37.6 Å². The van der Waals surface area contributed by atoms with Crippen molar-refractivity contribution in [2.75, 3.05) is 0 Å². The van der Waals surface area contributed by atoms with E-state index in [1.165, 1.54) is 0 Å². The molecule has 3 rings (SSSR count). The van der Waals surface area contributed by atoms with Gasteiger partial charge >= 0.3 is 5.91 Å². The highest BCUT2D eigenvalue weighted by molar-refractivity contribution is 6.33. The van der Waals surface area contributed by atoms with Crippen LogP contribution < -0.4 is 22.3 Å². The second-order valence-electron chi connectivity index (χ2n) is 7.83. The van der Waals surface area contributed by atoms with Crippen LogP contribution in [0.15, 0.2) is 38.9 Å². The lowest BCUT2D eigenvalue weighted by Gasteiger charge is -2.29. The topological polar surface area (TPSA) is 148 Å². The van der Waals surface area contributed by atoms with Crippen LogP contribution in [0.25, 0.3) is 0 Å². The molecule has 0 atom stereocenters. The fourth-order valence-corrected chi connectivity index (χ4v) is 3.64. The lowest BCUT2D eigenvalue weighted by atomic mass is 9.75. The Labute approximate surface area is 178 Å². The number of furan rings is 1. The van der Waals surface area contributed by atoms with Crippen molar-refractivity contribution in [3.8, 4) is 0 Å². The molecule has 1 heterocycles. The molecule has 0 saturated heterocycles. The number of nitrogens with two attached hydrogens (primary N) is 2. The lowest BCUT2D eigenvalue weighted by Crippen LogP contribution is -2.41. The van der Waals surface area contributed by atoms with Gasteiger partial charge in [0.15, 0.2) is 5.76 Å². The Morgan fingerprint density at radius 1 is 1.13 bits per heavy atom. The molecule has 0 radical (unpaired) electrons. The summed E-state index contributed by atoms with van der Waals surface area (Å²) < 4.78 is 5.85. The van der Waals surface area contributed by atoms with Crippen molar-refractivity contribution < 1.29 is 14.0 Å². The molecule has 0 bridgehead atoms. The number of amides is 2. The number of rotatable bonds is 3. The van der Waals surface area contributed by atoms with Gasteiger partial charge in [-0.05, 0) is 30.9 Å². The van der Waals surface area contributed by atoms with Gasteiger partial charge < -0.3 is 15.9 Å². The summed E-state index contributed by atoms with van der Waals surface area (Å²) in [7, 11) is 0. The molecule has 6 N–H and O–H groups in total. The second kappa shape index (κ2) is 8.19. The van der Waals surface area contributed by atoms with Crippen LogP contribution >= 0.6 is 11.6 Å². The van der Waals surface area contributed by atoms with E-state index in [1.807, 2.05) is 0 Å². The van der Waals surface area contributed by atoms with Crippen molar-refractivity contribution in [3.05, 3.63) is 57.5 Å². The van der Waals surface area contributed by atoms with Gasteiger partial charge in [0.25, 0.3) is 5.91 Å². The lowest BCUT2D eigenvalue weighted by molar-refractivity contribution is 0.0828. The van der Waals surface area contributed by atoms with Crippen LogP contribution in [0.5, 0.6) is 0 Å². The van der Waals surface area contributed by atoms with Crippen molar-refractivity contribution in [2.24, 2.45) is 27.1 Å². The van der Waals surface area contributed by atoms with Crippen LogP contribution in [-0.4, -0.2) is 23.5 Å². The minimum atomic E-state index is -0.596. The summed E-state index contributed by atoms with van der Waals surface area (Å²) in [5.41, 5.74) is 17.5. The molecule has 0 aliphatic heterocycles. The van der Waals surface area contributed by atoms with Gasteiger partial charge in [0.05, 0.1) is 16.3 Å². The molecule has 0 spiro atoms. The largest absolute Gasteiger partial charge is 0.455 e. The summed E-state index contributed by atoms with van der Waals surface area (Å²) >= 11 is 6.01. The van der Waals surface area contributed by atoms with Gasteiger partial charge in [0.2, 0.25) is 5.96 Å². The zero-order valence-electron chi connectivity index (χ0n) is 16.9. The Bertz CT molecular complexity index is 1070. The second-order valence-corrected chi connectivity index (χ2v) is 8.24. The first-order valence-corrected chi connectivity index (χ1v) is 9.60. The fraction of sp³-hybridized carbons (Fsp3) is 0.300. The highest BCUT2D eigenvalue weighted by atomic mass is 35.5. The molecular weight excluding hydrogens is 408 g/mol. The molecule has 0 unspecified atom stereocenters. The summed E-state index contributed by atoms with van der Waals surface area (Å²) in [6.45, 7) is 5.86. The molecule has 9 nitrogen and oxygen atoms in total. The van der Waals surface area contributed by atoms with Gasteiger partial charge in [-0.25, -0.2) is 0 Å². The SMILES string of the molecule is Cc1c(C(=O)NNC(=O)c2ccccc2Cl)oc2c1/C(=N\N=C(N)N)CC(C)(C)C2. The quantitative estimate of drug-likeness (QED) is 0.335. The Kier molecular flexibility index (Phi) is 5.84. The number of fused-ring (bicyclic) bond motifs is 1. The average molecular weight is 431 g/mol. The normalized spacial score (nSPS) is 15.9. The van der Waals surface area contributed by atoms with E-state index in [1.54, 1.807) is 31.2 Å². The highest BCUT2D eigenvalue weighted by Crippen LogP contribution is 2.38. The number of hydrazine groups is 1. The summed E-state index contributed by atoms with van der Waals surface area (Å²) in [5, 5.41) is 8.19. The van der Waals surface area contributed by atoms with E-state index in [0.717, 1.165) is 0 Å². The number of carbonyl (C=O) groups excluding carboxylic acids is 2. The number of carbonyl (C=O) groups is 2. The smallest absolute Gasteiger partial charge is 0.305 e. The molecule has 1 aliphatic carbocycles. The van der Waals surface area contributed by atoms with Crippen molar-refractivity contribution in [3.63, 3.8) is 0 Å².